The molecule has 1 aromatic heterocycles. The highest BCUT2D eigenvalue weighted by Crippen LogP contribution is 2.35. The van der Waals surface area contributed by atoms with Crippen molar-refractivity contribution in [2.75, 3.05) is 47.5 Å². The minimum absolute atomic E-state index is 0.129. The highest BCUT2D eigenvalue weighted by molar-refractivity contribution is 8.00. The molecule has 31 heavy (non-hydrogen) atoms. The van der Waals surface area contributed by atoms with Gasteiger partial charge in [-0.2, -0.15) is 0 Å². The van der Waals surface area contributed by atoms with E-state index in [2.05, 4.69) is 25.7 Å². The molecule has 1 amide bonds. The molecule has 1 unspecified atom stereocenters. The van der Waals surface area contributed by atoms with E-state index in [0.717, 1.165) is 68.2 Å². The van der Waals surface area contributed by atoms with Gasteiger partial charge < -0.3 is 14.5 Å². The van der Waals surface area contributed by atoms with Crippen molar-refractivity contribution in [2.45, 2.75) is 54.8 Å². The summed E-state index contributed by atoms with van der Waals surface area (Å²) in [6, 6.07) is 8.17. The number of ether oxygens (including phenoxy) is 1. The van der Waals surface area contributed by atoms with E-state index in [0.29, 0.717) is 5.75 Å². The van der Waals surface area contributed by atoms with Gasteiger partial charge in [0.1, 0.15) is 0 Å². The Bertz CT molecular complexity index is 909. The van der Waals surface area contributed by atoms with E-state index in [4.69, 9.17) is 4.74 Å². The Labute approximate surface area is 191 Å². The fraction of sp³-hybridized carbons (Fsp3) is 0.591. The molecule has 0 radical (unpaired) electrons. The van der Waals surface area contributed by atoms with Crippen molar-refractivity contribution >= 4 is 41.1 Å². The lowest BCUT2D eigenvalue weighted by atomic mass is 10.1. The molecule has 9 heteroatoms. The Hall–Kier alpha value is -1.71. The third-order valence-corrected chi connectivity index (χ3v) is 8.10. The van der Waals surface area contributed by atoms with Crippen LogP contribution < -0.4 is 9.80 Å². The summed E-state index contributed by atoms with van der Waals surface area (Å²) < 4.78 is 8.10. The number of fused-ring (bicyclic) bond motifs is 1. The monoisotopic (exact) mass is 459 g/mol. The standard InChI is InChI=1S/C22H29N5O2S2/c28-20(26-12-14-30-19-9-3-2-8-18(19)26)16-31-22-24-23-21(25-10-4-1-5-11-25)27(22)15-17-7-6-13-29-17/h2-3,8-9,17H,1,4-7,10-16H2. The first kappa shape index (κ1) is 21.2. The Kier molecular flexibility index (Phi) is 6.71. The van der Waals surface area contributed by atoms with Crippen LogP contribution in [0.15, 0.2) is 34.3 Å². The number of nitrogens with zero attached hydrogens (tertiary/aromatic N) is 5. The van der Waals surface area contributed by atoms with Gasteiger partial charge >= 0.3 is 0 Å². The van der Waals surface area contributed by atoms with Crippen molar-refractivity contribution in [2.24, 2.45) is 0 Å². The second kappa shape index (κ2) is 9.83. The summed E-state index contributed by atoms with van der Waals surface area (Å²) in [6.45, 7) is 4.39. The van der Waals surface area contributed by atoms with Gasteiger partial charge in [-0.1, -0.05) is 23.9 Å². The number of rotatable bonds is 6. The third-order valence-electron chi connectivity index (χ3n) is 6.10. The molecule has 0 bridgehead atoms. The molecule has 2 aromatic rings. The van der Waals surface area contributed by atoms with E-state index < -0.39 is 0 Å². The Morgan fingerprint density at radius 3 is 2.84 bits per heavy atom. The van der Waals surface area contributed by atoms with E-state index in [9.17, 15) is 4.79 Å². The van der Waals surface area contributed by atoms with Crippen LogP contribution in [-0.4, -0.2) is 64.5 Å². The predicted molar refractivity (Wildman–Crippen MR) is 125 cm³/mol. The van der Waals surface area contributed by atoms with Gasteiger partial charge in [-0.05, 0) is 44.2 Å². The topological polar surface area (TPSA) is 63.5 Å². The van der Waals surface area contributed by atoms with Gasteiger partial charge in [0, 0.05) is 36.9 Å². The van der Waals surface area contributed by atoms with Crippen LogP contribution in [0.3, 0.4) is 0 Å². The number of benzene rings is 1. The first-order valence-electron chi connectivity index (χ1n) is 11.2. The molecule has 2 fully saturated rings. The molecule has 1 atom stereocenters. The van der Waals surface area contributed by atoms with Crippen molar-refractivity contribution < 1.29 is 9.53 Å². The molecule has 0 spiro atoms. The van der Waals surface area contributed by atoms with Crippen molar-refractivity contribution in [1.82, 2.24) is 14.8 Å². The number of hydrogen-bond donors (Lipinski definition) is 0. The van der Waals surface area contributed by atoms with Gasteiger partial charge in [0.15, 0.2) is 5.16 Å². The first-order valence-corrected chi connectivity index (χ1v) is 13.2. The van der Waals surface area contributed by atoms with E-state index in [1.165, 1.54) is 35.9 Å². The number of hydrogen-bond acceptors (Lipinski definition) is 7. The minimum atomic E-state index is 0.129. The van der Waals surface area contributed by atoms with Crippen molar-refractivity contribution in [3.8, 4) is 0 Å². The maximum Gasteiger partial charge on any atom is 0.237 e. The highest BCUT2D eigenvalue weighted by atomic mass is 32.2. The average molecular weight is 460 g/mol. The van der Waals surface area contributed by atoms with Crippen LogP contribution in [0.2, 0.25) is 0 Å². The largest absolute Gasteiger partial charge is 0.376 e. The number of para-hydroxylation sites is 1. The molecule has 4 heterocycles. The zero-order chi connectivity index (χ0) is 21.0. The van der Waals surface area contributed by atoms with Gasteiger partial charge in [-0.15, -0.1) is 22.0 Å². The normalized spacial score (nSPS) is 21.4. The Morgan fingerprint density at radius 1 is 1.13 bits per heavy atom. The van der Waals surface area contributed by atoms with Crippen LogP contribution in [0.5, 0.6) is 0 Å². The Morgan fingerprint density at radius 2 is 2.00 bits per heavy atom. The second-order valence-electron chi connectivity index (χ2n) is 8.23. The SMILES string of the molecule is O=C(CSc1nnc(N2CCCCC2)n1CC1CCCO1)N1CCSc2ccccc21. The molecule has 166 valence electrons. The fourth-order valence-electron chi connectivity index (χ4n) is 4.50. The van der Waals surface area contributed by atoms with Crippen LogP contribution in [0, 0.1) is 0 Å². The van der Waals surface area contributed by atoms with Crippen molar-refractivity contribution in [3.63, 3.8) is 0 Å². The summed E-state index contributed by atoms with van der Waals surface area (Å²) in [5, 5.41) is 9.86. The highest BCUT2D eigenvalue weighted by Gasteiger charge is 2.27. The van der Waals surface area contributed by atoms with Gasteiger partial charge in [0.25, 0.3) is 0 Å². The number of anilines is 2. The van der Waals surface area contributed by atoms with Crippen molar-refractivity contribution in [1.29, 1.82) is 0 Å². The van der Waals surface area contributed by atoms with Gasteiger partial charge in [-0.3, -0.25) is 9.36 Å². The van der Waals surface area contributed by atoms with Crippen LogP contribution in [-0.2, 0) is 16.1 Å². The number of carbonyl (C=O) groups excluding carboxylic acids is 1. The summed E-state index contributed by atoms with van der Waals surface area (Å²) >= 11 is 3.32. The molecule has 5 rings (SSSR count). The quantitative estimate of drug-likeness (QED) is 0.611. The summed E-state index contributed by atoms with van der Waals surface area (Å²) in [5.41, 5.74) is 1.03. The van der Waals surface area contributed by atoms with E-state index in [-0.39, 0.29) is 12.0 Å². The van der Waals surface area contributed by atoms with Gasteiger partial charge in [-0.25, -0.2) is 0 Å². The molecule has 0 saturated carbocycles. The van der Waals surface area contributed by atoms with Crippen LogP contribution in [0.25, 0.3) is 0 Å². The molecule has 2 saturated heterocycles. The molecule has 1 aromatic carbocycles. The first-order chi connectivity index (χ1) is 15.3. The zero-order valence-corrected chi connectivity index (χ0v) is 19.4. The molecule has 3 aliphatic heterocycles. The number of carbonyl (C=O) groups is 1. The molecular formula is C22H29N5O2S2. The zero-order valence-electron chi connectivity index (χ0n) is 17.7. The molecule has 0 aliphatic carbocycles. The fourth-order valence-corrected chi connectivity index (χ4v) is 6.31. The molecular weight excluding hydrogens is 430 g/mol. The van der Waals surface area contributed by atoms with Crippen LogP contribution in [0.1, 0.15) is 32.1 Å². The summed E-state index contributed by atoms with van der Waals surface area (Å²) in [4.78, 5) is 18.5. The van der Waals surface area contributed by atoms with E-state index >= 15 is 0 Å². The maximum absolute atomic E-state index is 13.1. The molecule has 0 N–H and O–H groups in total. The van der Waals surface area contributed by atoms with Crippen LogP contribution in [0.4, 0.5) is 11.6 Å². The summed E-state index contributed by atoms with van der Waals surface area (Å²) in [5.74, 6) is 2.36. The molecule has 7 nitrogen and oxygen atoms in total. The summed E-state index contributed by atoms with van der Waals surface area (Å²) in [6.07, 6.45) is 6.06. The summed E-state index contributed by atoms with van der Waals surface area (Å²) in [7, 11) is 0. The lowest BCUT2D eigenvalue weighted by Crippen LogP contribution is -2.36. The third kappa shape index (κ3) is 4.73. The van der Waals surface area contributed by atoms with Crippen LogP contribution >= 0.6 is 23.5 Å². The Balaban J connectivity index is 1.31. The average Bonchev–Trinajstić information content (AvgIpc) is 3.48. The lowest BCUT2D eigenvalue weighted by Gasteiger charge is -2.29. The van der Waals surface area contributed by atoms with E-state index in [1.54, 1.807) is 0 Å². The predicted octanol–water partition coefficient (Wildman–Crippen LogP) is 3.68. The minimum Gasteiger partial charge on any atom is -0.376 e. The number of aromatic nitrogens is 3. The smallest absolute Gasteiger partial charge is 0.237 e. The molecule has 3 aliphatic rings. The number of piperidine rings is 1. The van der Waals surface area contributed by atoms with Crippen molar-refractivity contribution in [3.05, 3.63) is 24.3 Å². The number of amides is 1. The van der Waals surface area contributed by atoms with Gasteiger partial charge in [0.2, 0.25) is 11.9 Å². The lowest BCUT2D eigenvalue weighted by molar-refractivity contribution is -0.116. The van der Waals surface area contributed by atoms with Gasteiger partial charge in [0.05, 0.1) is 24.1 Å². The van der Waals surface area contributed by atoms with E-state index in [1.807, 2.05) is 34.9 Å². The second-order valence-corrected chi connectivity index (χ2v) is 10.3. The number of thioether (sulfide) groups is 2. The maximum atomic E-state index is 13.1.